The van der Waals surface area contributed by atoms with E-state index in [4.69, 9.17) is 5.73 Å². The minimum absolute atomic E-state index is 0.0422. The third-order valence-electron chi connectivity index (χ3n) is 3.05. The third-order valence-corrected chi connectivity index (χ3v) is 3.05. The van der Waals surface area contributed by atoms with E-state index in [-0.39, 0.29) is 23.9 Å². The van der Waals surface area contributed by atoms with E-state index in [1.165, 1.54) is 0 Å². The van der Waals surface area contributed by atoms with Crippen LogP contribution in [0.25, 0.3) is 0 Å². The molecular weight excluding hydrogens is 220 g/mol. The summed E-state index contributed by atoms with van der Waals surface area (Å²) in [6.45, 7) is 6.39. The van der Waals surface area contributed by atoms with Crippen LogP contribution in [0.3, 0.4) is 0 Å². The molecule has 2 atom stereocenters. The largest absolute Gasteiger partial charge is 0.368 e. The molecule has 1 aliphatic heterocycles. The number of likely N-dealkylation sites (N-methyl/N-ethyl adjacent to an activating group) is 1. The average molecular weight is 242 g/mol. The van der Waals surface area contributed by atoms with Crippen molar-refractivity contribution in [2.45, 2.75) is 32.4 Å². The number of carbonyl (C=O) groups is 2. The Hall–Kier alpha value is -1.14. The molecule has 1 saturated heterocycles. The van der Waals surface area contributed by atoms with Gasteiger partial charge >= 0.3 is 0 Å². The topological polar surface area (TPSA) is 87.5 Å². The first-order valence-electron chi connectivity index (χ1n) is 6.15. The second-order valence-electron chi connectivity index (χ2n) is 4.18. The second-order valence-corrected chi connectivity index (χ2v) is 4.18. The molecule has 0 aromatic heterocycles. The fourth-order valence-corrected chi connectivity index (χ4v) is 2.23. The van der Waals surface area contributed by atoms with E-state index in [1.807, 2.05) is 18.7 Å². The molecule has 6 nitrogen and oxygen atoms in total. The third kappa shape index (κ3) is 3.41. The molecule has 6 heteroatoms. The van der Waals surface area contributed by atoms with Crippen LogP contribution in [0.4, 0.5) is 0 Å². The molecule has 98 valence electrons. The number of hydrogen-bond donors (Lipinski definition) is 3. The molecular formula is C11H22N4O2. The van der Waals surface area contributed by atoms with Crippen LogP contribution in [0.5, 0.6) is 0 Å². The summed E-state index contributed by atoms with van der Waals surface area (Å²) in [6, 6.07) is -0.661. The Morgan fingerprint density at radius 2 is 2.24 bits per heavy atom. The van der Waals surface area contributed by atoms with Gasteiger partial charge in [-0.2, -0.15) is 0 Å². The quantitative estimate of drug-likeness (QED) is 0.557. The minimum Gasteiger partial charge on any atom is -0.368 e. The normalized spacial score (nSPS) is 23.1. The molecule has 0 bridgehead atoms. The van der Waals surface area contributed by atoms with E-state index in [0.717, 1.165) is 6.54 Å². The number of rotatable bonds is 5. The minimum atomic E-state index is -0.358. The van der Waals surface area contributed by atoms with Crippen molar-refractivity contribution in [1.29, 1.82) is 0 Å². The van der Waals surface area contributed by atoms with E-state index >= 15 is 0 Å². The molecule has 0 radical (unpaired) electrons. The smallest absolute Gasteiger partial charge is 0.238 e. The molecule has 1 fully saturated rings. The number of nitrogens with two attached hydrogens (primary N) is 1. The van der Waals surface area contributed by atoms with Gasteiger partial charge in [-0.3, -0.25) is 14.5 Å². The molecule has 4 N–H and O–H groups in total. The molecule has 1 rings (SSSR count). The number of nitrogens with zero attached hydrogens (tertiary/aromatic N) is 1. The molecule has 0 aromatic carbocycles. The van der Waals surface area contributed by atoms with Gasteiger partial charge in [0, 0.05) is 26.2 Å². The van der Waals surface area contributed by atoms with Crippen molar-refractivity contribution in [2.75, 3.05) is 26.2 Å². The summed E-state index contributed by atoms with van der Waals surface area (Å²) in [4.78, 5) is 25.2. The highest BCUT2D eigenvalue weighted by molar-refractivity contribution is 5.84. The first-order valence-corrected chi connectivity index (χ1v) is 6.15. The monoisotopic (exact) mass is 242 g/mol. The molecule has 0 saturated carbocycles. The molecule has 2 amide bonds. The lowest BCUT2D eigenvalue weighted by Gasteiger charge is -2.38. The highest BCUT2D eigenvalue weighted by Crippen LogP contribution is 2.11. The van der Waals surface area contributed by atoms with Gasteiger partial charge in [-0.15, -0.1) is 0 Å². The zero-order chi connectivity index (χ0) is 12.8. The van der Waals surface area contributed by atoms with Crippen LogP contribution in [0.2, 0.25) is 0 Å². The van der Waals surface area contributed by atoms with Gasteiger partial charge < -0.3 is 16.4 Å². The van der Waals surface area contributed by atoms with Gasteiger partial charge in [0.05, 0.1) is 6.04 Å². The number of amides is 2. The lowest BCUT2D eigenvalue weighted by Crippen LogP contribution is -2.62. The summed E-state index contributed by atoms with van der Waals surface area (Å²) in [7, 11) is 0. The Morgan fingerprint density at radius 3 is 2.76 bits per heavy atom. The second kappa shape index (κ2) is 6.56. The van der Waals surface area contributed by atoms with Gasteiger partial charge in [0.2, 0.25) is 11.8 Å². The summed E-state index contributed by atoms with van der Waals surface area (Å²) in [6.07, 6.45) is 0.630. The summed E-state index contributed by atoms with van der Waals surface area (Å²) in [5, 5.41) is 5.96. The number of hydrogen-bond acceptors (Lipinski definition) is 4. The lowest BCUT2D eigenvalue weighted by atomic mass is 10.1. The van der Waals surface area contributed by atoms with E-state index in [2.05, 4.69) is 10.6 Å². The van der Waals surface area contributed by atoms with Crippen LogP contribution in [0.1, 0.15) is 20.3 Å². The maximum Gasteiger partial charge on any atom is 0.238 e. The van der Waals surface area contributed by atoms with Crippen molar-refractivity contribution >= 4 is 11.8 Å². The molecule has 0 aliphatic carbocycles. The Balaban J connectivity index is 2.77. The van der Waals surface area contributed by atoms with Gasteiger partial charge in [0.25, 0.3) is 0 Å². The van der Waals surface area contributed by atoms with Gasteiger partial charge in [-0.25, -0.2) is 0 Å². The first kappa shape index (κ1) is 13.9. The molecule has 17 heavy (non-hydrogen) atoms. The predicted molar refractivity (Wildman–Crippen MR) is 65.3 cm³/mol. The van der Waals surface area contributed by atoms with Crippen LogP contribution < -0.4 is 16.4 Å². The van der Waals surface area contributed by atoms with Crippen LogP contribution in [-0.2, 0) is 9.59 Å². The van der Waals surface area contributed by atoms with E-state index < -0.39 is 0 Å². The van der Waals surface area contributed by atoms with Crippen molar-refractivity contribution in [3.63, 3.8) is 0 Å². The van der Waals surface area contributed by atoms with Crippen molar-refractivity contribution in [2.24, 2.45) is 5.73 Å². The van der Waals surface area contributed by atoms with Crippen molar-refractivity contribution in [3.05, 3.63) is 0 Å². The zero-order valence-electron chi connectivity index (χ0n) is 10.5. The fourth-order valence-electron chi connectivity index (χ4n) is 2.23. The zero-order valence-corrected chi connectivity index (χ0v) is 10.5. The summed E-state index contributed by atoms with van der Waals surface area (Å²) >= 11 is 0. The van der Waals surface area contributed by atoms with Gasteiger partial charge in [0.15, 0.2) is 0 Å². The number of nitrogens with one attached hydrogen (secondary N) is 2. The van der Waals surface area contributed by atoms with E-state index in [0.29, 0.717) is 26.1 Å². The van der Waals surface area contributed by atoms with Crippen molar-refractivity contribution in [1.82, 2.24) is 15.5 Å². The SMILES string of the molecule is CCNC(=O)C1CNCCN1C(CC)C(N)=O. The first-order chi connectivity index (χ1) is 8.11. The highest BCUT2D eigenvalue weighted by atomic mass is 16.2. The van der Waals surface area contributed by atoms with Crippen LogP contribution >= 0.6 is 0 Å². The summed E-state index contributed by atoms with van der Waals surface area (Å²) in [5.74, 6) is -0.400. The predicted octanol–water partition coefficient (Wildman–Crippen LogP) is -1.34. The van der Waals surface area contributed by atoms with E-state index in [9.17, 15) is 9.59 Å². The standard InChI is InChI=1S/C11H22N4O2/c1-3-8(10(12)16)15-6-5-13-7-9(15)11(17)14-4-2/h8-9,13H,3-7H2,1-2H3,(H2,12,16)(H,14,17). The molecule has 1 heterocycles. The summed E-state index contributed by atoms with van der Waals surface area (Å²) in [5.41, 5.74) is 5.38. The van der Waals surface area contributed by atoms with Crippen LogP contribution in [0.15, 0.2) is 0 Å². The fraction of sp³-hybridized carbons (Fsp3) is 0.818. The maximum atomic E-state index is 11.9. The van der Waals surface area contributed by atoms with Crippen molar-refractivity contribution in [3.8, 4) is 0 Å². The number of carbonyl (C=O) groups excluding carboxylic acids is 2. The highest BCUT2D eigenvalue weighted by Gasteiger charge is 2.34. The Bertz CT molecular complexity index is 283. The summed E-state index contributed by atoms with van der Waals surface area (Å²) < 4.78 is 0. The lowest BCUT2D eigenvalue weighted by molar-refractivity contribution is -0.132. The number of primary amides is 1. The number of piperazine rings is 1. The Labute approximate surface area is 102 Å². The molecule has 1 aliphatic rings. The van der Waals surface area contributed by atoms with Gasteiger partial charge in [0.1, 0.15) is 6.04 Å². The maximum absolute atomic E-state index is 11.9. The van der Waals surface area contributed by atoms with Crippen LogP contribution in [0, 0.1) is 0 Å². The average Bonchev–Trinajstić information content (AvgIpc) is 2.30. The Morgan fingerprint density at radius 1 is 1.53 bits per heavy atom. The molecule has 0 aromatic rings. The Kier molecular flexibility index (Phi) is 5.37. The van der Waals surface area contributed by atoms with Gasteiger partial charge in [-0.1, -0.05) is 6.92 Å². The van der Waals surface area contributed by atoms with Crippen molar-refractivity contribution < 1.29 is 9.59 Å². The molecule has 2 unspecified atom stereocenters. The van der Waals surface area contributed by atoms with Gasteiger partial charge in [-0.05, 0) is 13.3 Å². The molecule has 0 spiro atoms. The van der Waals surface area contributed by atoms with Crippen LogP contribution in [-0.4, -0.2) is 55.0 Å². The van der Waals surface area contributed by atoms with E-state index in [1.54, 1.807) is 0 Å².